The van der Waals surface area contributed by atoms with Crippen molar-refractivity contribution in [3.05, 3.63) is 41.5 Å². The van der Waals surface area contributed by atoms with Crippen LogP contribution in [0.1, 0.15) is 55.7 Å². The Kier molecular flexibility index (Phi) is 5.29. The number of aryl methyl sites for hydroxylation is 2. The molecule has 6 nitrogen and oxygen atoms in total. The van der Waals surface area contributed by atoms with Crippen LogP contribution in [0.25, 0.3) is 11.4 Å². The van der Waals surface area contributed by atoms with Crippen molar-refractivity contribution in [3.63, 3.8) is 0 Å². The highest BCUT2D eigenvalue weighted by atomic mass is 32.2. The molecule has 1 saturated carbocycles. The van der Waals surface area contributed by atoms with Crippen LogP contribution in [0.3, 0.4) is 0 Å². The first-order valence-corrected chi connectivity index (χ1v) is 10.5. The molecule has 4 rings (SSSR count). The molecule has 0 N–H and O–H groups in total. The first-order chi connectivity index (χ1) is 13.1. The zero-order valence-corrected chi connectivity index (χ0v) is 16.9. The molecule has 0 bridgehead atoms. The predicted octanol–water partition coefficient (Wildman–Crippen LogP) is 4.99. The third-order valence-electron chi connectivity index (χ3n) is 5.51. The number of aromatic nitrogens is 5. The number of hydrogen-bond donors (Lipinski definition) is 0. The molecule has 27 heavy (non-hydrogen) atoms. The van der Waals surface area contributed by atoms with Crippen LogP contribution in [0, 0.1) is 19.8 Å². The van der Waals surface area contributed by atoms with Crippen molar-refractivity contribution >= 4 is 11.8 Å². The van der Waals surface area contributed by atoms with Gasteiger partial charge in [-0.05, 0) is 44.7 Å². The Morgan fingerprint density at radius 1 is 1.22 bits per heavy atom. The zero-order chi connectivity index (χ0) is 18.8. The van der Waals surface area contributed by atoms with E-state index in [9.17, 15) is 0 Å². The average molecular weight is 384 g/mol. The second-order valence-electron chi connectivity index (χ2n) is 7.34. The Morgan fingerprint density at radius 2 is 2.07 bits per heavy atom. The second kappa shape index (κ2) is 7.84. The minimum absolute atomic E-state index is 0.427. The Balaban J connectivity index is 1.69. The van der Waals surface area contributed by atoms with E-state index in [0.29, 0.717) is 12.0 Å². The molecule has 0 unspecified atom stereocenters. The van der Waals surface area contributed by atoms with Crippen LogP contribution in [0.2, 0.25) is 0 Å². The van der Waals surface area contributed by atoms with E-state index in [4.69, 9.17) is 4.52 Å². The SMILES string of the molecule is Cc1noc(C)c1CSc1nnc(-c2cccnc2)n1[C@H]1CCCC[C@H]1C. The highest BCUT2D eigenvalue weighted by Gasteiger charge is 2.29. The molecule has 3 heterocycles. The van der Waals surface area contributed by atoms with Gasteiger partial charge in [-0.1, -0.05) is 36.7 Å². The van der Waals surface area contributed by atoms with Crippen molar-refractivity contribution in [2.24, 2.45) is 5.92 Å². The zero-order valence-electron chi connectivity index (χ0n) is 16.1. The lowest BCUT2D eigenvalue weighted by Gasteiger charge is -2.31. The molecule has 0 saturated heterocycles. The van der Waals surface area contributed by atoms with Crippen LogP contribution in [0.4, 0.5) is 0 Å². The summed E-state index contributed by atoms with van der Waals surface area (Å²) >= 11 is 1.71. The molecule has 142 valence electrons. The lowest BCUT2D eigenvalue weighted by molar-refractivity contribution is 0.247. The van der Waals surface area contributed by atoms with E-state index in [0.717, 1.165) is 39.3 Å². The smallest absolute Gasteiger partial charge is 0.192 e. The first-order valence-electron chi connectivity index (χ1n) is 9.55. The quantitative estimate of drug-likeness (QED) is 0.578. The summed E-state index contributed by atoms with van der Waals surface area (Å²) in [6.45, 7) is 6.30. The van der Waals surface area contributed by atoms with Gasteiger partial charge in [-0.3, -0.25) is 9.55 Å². The molecule has 1 aliphatic rings. The highest BCUT2D eigenvalue weighted by Crippen LogP contribution is 2.39. The molecule has 3 aromatic heterocycles. The minimum Gasteiger partial charge on any atom is -0.361 e. The van der Waals surface area contributed by atoms with Gasteiger partial charge in [0.1, 0.15) is 5.76 Å². The maximum Gasteiger partial charge on any atom is 0.192 e. The maximum atomic E-state index is 5.31. The molecule has 0 aliphatic heterocycles. The molecule has 0 amide bonds. The third-order valence-corrected chi connectivity index (χ3v) is 6.48. The van der Waals surface area contributed by atoms with E-state index < -0.39 is 0 Å². The fraction of sp³-hybridized carbons (Fsp3) is 0.500. The molecular formula is C20H25N5OS. The van der Waals surface area contributed by atoms with Gasteiger partial charge in [-0.25, -0.2) is 0 Å². The van der Waals surface area contributed by atoms with Crippen molar-refractivity contribution in [3.8, 4) is 11.4 Å². The van der Waals surface area contributed by atoms with E-state index in [1.54, 1.807) is 18.0 Å². The van der Waals surface area contributed by atoms with Crippen LogP contribution < -0.4 is 0 Å². The van der Waals surface area contributed by atoms with Crippen LogP contribution in [0.5, 0.6) is 0 Å². The summed E-state index contributed by atoms with van der Waals surface area (Å²) in [5.74, 6) is 3.20. The van der Waals surface area contributed by atoms with Crippen molar-refractivity contribution in [2.75, 3.05) is 0 Å². The fourth-order valence-electron chi connectivity index (χ4n) is 3.89. The first kappa shape index (κ1) is 18.2. The van der Waals surface area contributed by atoms with Gasteiger partial charge in [0.05, 0.1) is 5.69 Å². The highest BCUT2D eigenvalue weighted by molar-refractivity contribution is 7.98. The molecule has 0 aromatic carbocycles. The van der Waals surface area contributed by atoms with Gasteiger partial charge >= 0.3 is 0 Å². The van der Waals surface area contributed by atoms with E-state index in [2.05, 4.69) is 37.9 Å². The molecular weight excluding hydrogens is 358 g/mol. The van der Waals surface area contributed by atoms with E-state index in [1.165, 1.54) is 25.7 Å². The van der Waals surface area contributed by atoms with Crippen molar-refractivity contribution in [1.82, 2.24) is 24.9 Å². The molecule has 3 aromatic rings. The van der Waals surface area contributed by atoms with Crippen molar-refractivity contribution in [2.45, 2.75) is 63.4 Å². The monoisotopic (exact) mass is 383 g/mol. The lowest BCUT2D eigenvalue weighted by Crippen LogP contribution is -2.22. The van der Waals surface area contributed by atoms with Crippen molar-refractivity contribution in [1.29, 1.82) is 0 Å². The Hall–Kier alpha value is -2.15. The van der Waals surface area contributed by atoms with E-state index >= 15 is 0 Å². The third kappa shape index (κ3) is 3.65. The standard InChI is InChI=1S/C20H25N5OS/c1-13-7-4-5-9-18(13)25-19(16-8-6-10-21-11-16)22-23-20(25)27-12-17-14(2)24-26-15(17)3/h6,8,10-11,13,18H,4-5,7,9,12H2,1-3H3/t13-,18+/m1/s1. The molecule has 7 heteroatoms. The van der Waals surface area contributed by atoms with Gasteiger partial charge in [0.2, 0.25) is 0 Å². The molecule has 0 spiro atoms. The van der Waals surface area contributed by atoms with Gasteiger partial charge in [0, 0.05) is 35.3 Å². The Bertz CT molecular complexity index is 885. The Morgan fingerprint density at radius 3 is 2.78 bits per heavy atom. The largest absolute Gasteiger partial charge is 0.361 e. The molecule has 1 fully saturated rings. The number of hydrogen-bond acceptors (Lipinski definition) is 6. The molecule has 2 atom stereocenters. The maximum absolute atomic E-state index is 5.31. The van der Waals surface area contributed by atoms with E-state index in [-0.39, 0.29) is 0 Å². The second-order valence-corrected chi connectivity index (χ2v) is 8.28. The topological polar surface area (TPSA) is 69.6 Å². The van der Waals surface area contributed by atoms with Gasteiger partial charge < -0.3 is 4.52 Å². The van der Waals surface area contributed by atoms with Gasteiger partial charge in [-0.2, -0.15) is 0 Å². The normalized spacial score (nSPS) is 20.1. The van der Waals surface area contributed by atoms with E-state index in [1.807, 2.05) is 26.1 Å². The minimum atomic E-state index is 0.427. The summed E-state index contributed by atoms with van der Waals surface area (Å²) in [5.41, 5.74) is 3.12. The lowest BCUT2D eigenvalue weighted by atomic mass is 9.85. The summed E-state index contributed by atoms with van der Waals surface area (Å²) < 4.78 is 7.66. The Labute approximate surface area is 163 Å². The van der Waals surface area contributed by atoms with Crippen LogP contribution in [-0.2, 0) is 5.75 Å². The van der Waals surface area contributed by atoms with Crippen LogP contribution in [0.15, 0.2) is 34.2 Å². The van der Waals surface area contributed by atoms with Crippen LogP contribution in [-0.4, -0.2) is 24.9 Å². The molecule has 0 radical (unpaired) electrons. The number of nitrogens with zero attached hydrogens (tertiary/aromatic N) is 5. The average Bonchev–Trinajstić information content (AvgIpc) is 3.24. The summed E-state index contributed by atoms with van der Waals surface area (Å²) in [6, 6.07) is 4.44. The molecule has 1 aliphatic carbocycles. The predicted molar refractivity (Wildman–Crippen MR) is 105 cm³/mol. The van der Waals surface area contributed by atoms with Gasteiger partial charge in [0.25, 0.3) is 0 Å². The summed E-state index contributed by atoms with van der Waals surface area (Å²) in [6.07, 6.45) is 8.66. The van der Waals surface area contributed by atoms with Crippen molar-refractivity contribution < 1.29 is 4.52 Å². The van der Waals surface area contributed by atoms with Gasteiger partial charge in [-0.15, -0.1) is 10.2 Å². The number of pyridine rings is 1. The van der Waals surface area contributed by atoms with Crippen LogP contribution >= 0.6 is 11.8 Å². The fourth-order valence-corrected chi connectivity index (χ4v) is 5.04. The summed E-state index contributed by atoms with van der Waals surface area (Å²) in [5, 5.41) is 14.1. The summed E-state index contributed by atoms with van der Waals surface area (Å²) in [4.78, 5) is 4.28. The van der Waals surface area contributed by atoms with Gasteiger partial charge in [0.15, 0.2) is 11.0 Å². The number of thioether (sulfide) groups is 1. The summed E-state index contributed by atoms with van der Waals surface area (Å²) in [7, 11) is 0. The number of rotatable bonds is 5.